The molecule has 0 aliphatic heterocycles. The fourth-order valence-electron chi connectivity index (χ4n) is 5.41. The fourth-order valence-corrected chi connectivity index (χ4v) is 6.35. The van der Waals surface area contributed by atoms with Gasteiger partial charge < -0.3 is 10.1 Å². The molecule has 0 saturated carbocycles. The summed E-state index contributed by atoms with van der Waals surface area (Å²) < 4.78 is 1.22. The fraction of sp³-hybridized carbons (Fsp3) is 0.314. The van der Waals surface area contributed by atoms with Gasteiger partial charge in [0.2, 0.25) is 0 Å². The quantitative estimate of drug-likeness (QED) is 0.0871. The summed E-state index contributed by atoms with van der Waals surface area (Å²) in [5.74, 6) is 0.428. The Labute approximate surface area is 255 Å². The molecule has 5 heteroatoms. The number of aliphatic hydroxyl groups excluding tert-OH is 1. The van der Waals surface area contributed by atoms with E-state index in [-0.39, 0.29) is 37.1 Å². The Morgan fingerprint density at radius 1 is 0.950 bits per heavy atom. The zero-order valence-corrected chi connectivity index (χ0v) is 28.0. The third-order valence-electron chi connectivity index (χ3n) is 6.94. The van der Waals surface area contributed by atoms with Crippen molar-refractivity contribution in [1.29, 1.82) is 0 Å². The molecule has 1 radical (unpaired) electrons. The molecule has 40 heavy (non-hydrogen) atoms. The first-order chi connectivity index (χ1) is 18.3. The van der Waals surface area contributed by atoms with Crippen LogP contribution in [0.25, 0.3) is 42.9 Å². The topological polar surface area (TPSA) is 50.2 Å². The summed E-state index contributed by atoms with van der Waals surface area (Å²) in [6, 6.07) is 19.6. The van der Waals surface area contributed by atoms with Crippen molar-refractivity contribution < 1.29 is 30.0 Å². The summed E-state index contributed by atoms with van der Waals surface area (Å²) in [7, 11) is 0. The molecule has 0 atom stereocenters. The van der Waals surface area contributed by atoms with Crippen molar-refractivity contribution in [2.75, 3.05) is 0 Å². The first-order valence-electron chi connectivity index (χ1n) is 13.4. The Bertz CT molecular complexity index is 1730. The summed E-state index contributed by atoms with van der Waals surface area (Å²) in [5.41, 5.74) is 6.34. The number of aromatic nitrogens is 1. The number of pyridine rings is 1. The second-order valence-electron chi connectivity index (χ2n) is 11.7. The Morgan fingerprint density at radius 3 is 2.15 bits per heavy atom. The minimum absolute atomic E-state index is 0. The zero-order valence-electron chi connectivity index (χ0n) is 24.8. The van der Waals surface area contributed by atoms with Crippen LogP contribution in [0, 0.1) is 19.9 Å². The molecule has 0 bridgehead atoms. The Kier molecular flexibility index (Phi) is 9.77. The summed E-state index contributed by atoms with van der Waals surface area (Å²) in [6.07, 6.45) is 3.13. The number of aliphatic hydroxyl groups is 1. The molecular weight excluding hydrogens is 691 g/mol. The number of aryl methyl sites for hydroxylation is 2. The number of thiophene rings is 1. The Hall–Kier alpha value is -2.85. The van der Waals surface area contributed by atoms with Gasteiger partial charge in [0.05, 0.1) is 5.76 Å². The molecule has 0 unspecified atom stereocenters. The maximum atomic E-state index is 10.0. The van der Waals surface area contributed by atoms with Gasteiger partial charge in [-0.05, 0) is 93.0 Å². The maximum Gasteiger partial charge on any atom is 0.155 e. The maximum absolute atomic E-state index is 10.0. The van der Waals surface area contributed by atoms with Crippen LogP contribution < -0.4 is 0 Å². The van der Waals surface area contributed by atoms with Crippen LogP contribution in [-0.4, -0.2) is 15.9 Å². The molecule has 3 nitrogen and oxygen atoms in total. The van der Waals surface area contributed by atoms with Crippen LogP contribution >= 0.6 is 11.3 Å². The minimum atomic E-state index is -0.125. The van der Waals surface area contributed by atoms with Gasteiger partial charge >= 0.3 is 0 Å². The molecule has 2 aromatic heterocycles. The number of allylic oxidation sites excluding steroid dienone is 2. The van der Waals surface area contributed by atoms with Crippen molar-refractivity contribution in [2.24, 2.45) is 0 Å². The number of hydrogen-bond acceptors (Lipinski definition) is 4. The van der Waals surface area contributed by atoms with Crippen LogP contribution in [0.3, 0.4) is 0 Å². The van der Waals surface area contributed by atoms with Gasteiger partial charge in [-0.15, -0.1) is 23.3 Å². The molecule has 211 valence electrons. The normalized spacial score (nSPS) is 12.0. The zero-order chi connectivity index (χ0) is 28.6. The smallest absolute Gasteiger partial charge is 0.155 e. The second-order valence-corrected chi connectivity index (χ2v) is 13.0. The molecule has 0 saturated heterocycles. The van der Waals surface area contributed by atoms with Crippen LogP contribution in [0.5, 0.6) is 0 Å². The third kappa shape index (κ3) is 6.54. The average molecular weight is 729 g/mol. The first kappa shape index (κ1) is 31.7. The van der Waals surface area contributed by atoms with E-state index in [1.165, 1.54) is 73.1 Å². The summed E-state index contributed by atoms with van der Waals surface area (Å²) >= 11 is 1.82. The van der Waals surface area contributed by atoms with Gasteiger partial charge in [-0.25, -0.2) is 0 Å². The van der Waals surface area contributed by atoms with Crippen LogP contribution in [0.2, 0.25) is 0 Å². The van der Waals surface area contributed by atoms with E-state index in [1.54, 1.807) is 0 Å². The molecule has 2 heterocycles. The van der Waals surface area contributed by atoms with E-state index in [2.05, 4.69) is 97.0 Å². The van der Waals surface area contributed by atoms with E-state index in [0.29, 0.717) is 5.92 Å². The molecule has 3 aromatic carbocycles. The average Bonchev–Trinajstić information content (AvgIpc) is 3.21. The molecular formula is C35H38IrNO2S-. The van der Waals surface area contributed by atoms with E-state index < -0.39 is 0 Å². The van der Waals surface area contributed by atoms with E-state index in [1.807, 2.05) is 17.5 Å². The second kappa shape index (κ2) is 12.3. The summed E-state index contributed by atoms with van der Waals surface area (Å²) in [5, 5.41) is 14.8. The van der Waals surface area contributed by atoms with Crippen LogP contribution in [-0.2, 0) is 30.3 Å². The monoisotopic (exact) mass is 729 g/mol. The number of carbonyl (C=O) groups excluding carboxylic acids is 1. The van der Waals surface area contributed by atoms with E-state index >= 15 is 0 Å². The van der Waals surface area contributed by atoms with Gasteiger partial charge in [-0.2, -0.15) is 11.3 Å². The van der Waals surface area contributed by atoms with Crippen LogP contribution in [0.1, 0.15) is 76.0 Å². The molecule has 5 rings (SSSR count). The number of hydrogen-bond donors (Lipinski definition) is 1. The SMILES string of the molecule is CC(=O)/C=C(/C)O.Cc1cc2c(C(C)(C)C)cc(-c3nccc4c3ccc3c(C(C)C)c(C)ccc34)[c-]c2s1.[Ir]. The van der Waals surface area contributed by atoms with Crippen molar-refractivity contribution in [1.82, 2.24) is 4.98 Å². The first-order valence-corrected chi connectivity index (χ1v) is 14.3. The van der Waals surface area contributed by atoms with Gasteiger partial charge in [-0.3, -0.25) is 4.79 Å². The van der Waals surface area contributed by atoms with Crippen molar-refractivity contribution in [3.63, 3.8) is 0 Å². The molecule has 0 spiro atoms. The standard InChI is InChI=1S/C30H30NS.C5H8O2.Ir/c1-17(2)28-18(3)8-9-21-22-12-13-31-29(24(22)11-10-23(21)28)20-15-26(30(5,6)7)25-14-19(4)32-27(25)16-20;1-4(6)3-5(2)7;/h8-15,17H,1-7H3;3,6H,1-2H3;/q-1;;/b;4-3-;. The van der Waals surface area contributed by atoms with Gasteiger partial charge in [-0.1, -0.05) is 70.3 Å². The molecule has 0 amide bonds. The molecule has 0 fully saturated rings. The van der Waals surface area contributed by atoms with Gasteiger partial charge in [0.25, 0.3) is 0 Å². The van der Waals surface area contributed by atoms with Gasteiger partial charge in [0.15, 0.2) is 5.78 Å². The molecule has 1 N–H and O–H groups in total. The molecule has 5 aromatic rings. The van der Waals surface area contributed by atoms with E-state index in [4.69, 9.17) is 10.1 Å². The van der Waals surface area contributed by atoms with Crippen molar-refractivity contribution in [2.45, 2.75) is 73.6 Å². The van der Waals surface area contributed by atoms with Crippen molar-refractivity contribution >= 4 is 48.8 Å². The van der Waals surface area contributed by atoms with E-state index in [0.717, 1.165) is 11.3 Å². The van der Waals surface area contributed by atoms with Gasteiger partial charge in [0.1, 0.15) is 0 Å². The largest absolute Gasteiger partial charge is 0.512 e. The number of fused-ring (bicyclic) bond motifs is 4. The summed E-state index contributed by atoms with van der Waals surface area (Å²) in [6.45, 7) is 18.7. The van der Waals surface area contributed by atoms with Crippen LogP contribution in [0.15, 0.2) is 60.5 Å². The molecule has 0 aliphatic carbocycles. The minimum Gasteiger partial charge on any atom is -0.512 e. The third-order valence-corrected chi connectivity index (χ3v) is 7.90. The van der Waals surface area contributed by atoms with E-state index in [9.17, 15) is 4.79 Å². The predicted octanol–water partition coefficient (Wildman–Crippen LogP) is 10.1. The number of nitrogens with zero attached hydrogens (tertiary/aromatic N) is 1. The summed E-state index contributed by atoms with van der Waals surface area (Å²) in [4.78, 5) is 16.2. The van der Waals surface area contributed by atoms with Gasteiger partial charge in [0, 0.05) is 32.4 Å². The number of rotatable bonds is 3. The Morgan fingerprint density at radius 2 is 1.57 bits per heavy atom. The number of benzene rings is 3. The predicted molar refractivity (Wildman–Crippen MR) is 168 cm³/mol. The van der Waals surface area contributed by atoms with Crippen molar-refractivity contribution in [3.8, 4) is 11.3 Å². The van der Waals surface area contributed by atoms with Crippen molar-refractivity contribution in [3.05, 3.63) is 88.1 Å². The molecule has 0 aliphatic rings. The Balaban J connectivity index is 0.000000492. The number of carbonyl (C=O) groups is 1. The number of ketones is 1. The van der Waals surface area contributed by atoms with Crippen LogP contribution in [0.4, 0.5) is 0 Å².